The molecule has 3 aromatic heterocycles. The smallest absolute Gasteiger partial charge is 0.412 e. The van der Waals surface area contributed by atoms with Crippen LogP contribution in [0.5, 0.6) is 0 Å². The number of carbonyl (C=O) groups is 2. The molecule has 0 aliphatic carbocycles. The SMILES string of the molecule is COC(=O)Nc1ccc(-c2cnc3c(C)cc(C(=O)N(C)c4ccc(F)c(Cl)c4)cn23)cn1. The minimum Gasteiger partial charge on any atom is -0.453 e. The van der Waals surface area contributed by atoms with Crippen LogP contribution in [0.4, 0.5) is 20.7 Å². The second-order valence-corrected chi connectivity index (χ2v) is 7.67. The summed E-state index contributed by atoms with van der Waals surface area (Å²) < 4.78 is 19.9. The Hall–Kier alpha value is -3.98. The maximum atomic E-state index is 13.5. The number of nitrogens with one attached hydrogen (secondary N) is 1. The van der Waals surface area contributed by atoms with Crippen molar-refractivity contribution in [2.75, 3.05) is 24.4 Å². The molecule has 0 unspecified atom stereocenters. The number of pyridine rings is 2. The molecule has 0 saturated heterocycles. The lowest BCUT2D eigenvalue weighted by atomic mass is 10.1. The summed E-state index contributed by atoms with van der Waals surface area (Å²) in [5, 5.41) is 2.43. The van der Waals surface area contributed by atoms with E-state index in [1.165, 1.54) is 30.2 Å². The number of fused-ring (bicyclic) bond motifs is 1. The molecule has 33 heavy (non-hydrogen) atoms. The molecule has 4 rings (SSSR count). The van der Waals surface area contributed by atoms with Gasteiger partial charge in [-0.25, -0.2) is 19.2 Å². The maximum Gasteiger partial charge on any atom is 0.412 e. The molecule has 0 fully saturated rings. The van der Waals surface area contributed by atoms with Crippen LogP contribution in [0.15, 0.2) is 55.0 Å². The van der Waals surface area contributed by atoms with Crippen molar-refractivity contribution in [3.05, 3.63) is 77.0 Å². The summed E-state index contributed by atoms with van der Waals surface area (Å²) in [4.78, 5) is 34.6. The van der Waals surface area contributed by atoms with E-state index in [0.29, 0.717) is 28.4 Å². The number of hydrogen-bond acceptors (Lipinski definition) is 5. The van der Waals surface area contributed by atoms with Crippen molar-refractivity contribution in [2.45, 2.75) is 6.92 Å². The zero-order chi connectivity index (χ0) is 23.7. The van der Waals surface area contributed by atoms with Gasteiger partial charge in [-0.15, -0.1) is 0 Å². The van der Waals surface area contributed by atoms with Crippen LogP contribution in [0, 0.1) is 12.7 Å². The molecule has 1 aromatic carbocycles. The molecule has 0 radical (unpaired) electrons. The van der Waals surface area contributed by atoms with Gasteiger partial charge in [-0.1, -0.05) is 11.6 Å². The highest BCUT2D eigenvalue weighted by Crippen LogP contribution is 2.26. The zero-order valence-electron chi connectivity index (χ0n) is 18.0. The number of methoxy groups -OCH3 is 1. The van der Waals surface area contributed by atoms with Gasteiger partial charge in [-0.3, -0.25) is 14.5 Å². The first kappa shape index (κ1) is 22.2. The lowest BCUT2D eigenvalue weighted by Gasteiger charge is -2.18. The molecule has 0 bridgehead atoms. The standard InChI is InChI=1S/C23H19ClFN5O3/c1-13-8-15(22(31)29(2)16-5-6-18(25)17(24)9-16)12-30-19(11-27-21(13)30)14-4-7-20(26-10-14)28-23(32)33-3/h4-12H,1-3H3,(H,26,28,32). The molecule has 0 aliphatic heterocycles. The number of rotatable bonds is 4. The Morgan fingerprint density at radius 3 is 2.61 bits per heavy atom. The first-order valence-corrected chi connectivity index (χ1v) is 10.2. The molecule has 0 spiro atoms. The Morgan fingerprint density at radius 1 is 1.15 bits per heavy atom. The van der Waals surface area contributed by atoms with Gasteiger partial charge in [0, 0.05) is 30.7 Å². The van der Waals surface area contributed by atoms with Crippen LogP contribution in [-0.4, -0.2) is 40.5 Å². The fourth-order valence-corrected chi connectivity index (χ4v) is 3.54. The van der Waals surface area contributed by atoms with Crippen LogP contribution in [-0.2, 0) is 4.74 Å². The molecule has 1 N–H and O–H groups in total. The molecular weight excluding hydrogens is 449 g/mol. The molecular formula is C23H19ClFN5O3. The van der Waals surface area contributed by atoms with Gasteiger partial charge >= 0.3 is 6.09 Å². The van der Waals surface area contributed by atoms with Crippen LogP contribution in [0.2, 0.25) is 5.02 Å². The van der Waals surface area contributed by atoms with Gasteiger partial charge in [0.1, 0.15) is 17.3 Å². The van der Waals surface area contributed by atoms with E-state index in [-0.39, 0.29) is 10.9 Å². The number of carbonyl (C=O) groups excluding carboxylic acids is 2. The number of hydrogen-bond donors (Lipinski definition) is 1. The quantitative estimate of drug-likeness (QED) is 0.458. The van der Waals surface area contributed by atoms with Crippen LogP contribution >= 0.6 is 11.6 Å². The summed E-state index contributed by atoms with van der Waals surface area (Å²) in [5.74, 6) is -0.507. The number of nitrogens with zero attached hydrogens (tertiary/aromatic N) is 4. The largest absolute Gasteiger partial charge is 0.453 e. The average molecular weight is 468 g/mol. The van der Waals surface area contributed by atoms with Crippen molar-refractivity contribution >= 4 is 40.8 Å². The summed E-state index contributed by atoms with van der Waals surface area (Å²) in [5.41, 5.74) is 3.82. The van der Waals surface area contributed by atoms with E-state index in [0.717, 1.165) is 11.1 Å². The lowest BCUT2D eigenvalue weighted by Crippen LogP contribution is -2.26. The summed E-state index contributed by atoms with van der Waals surface area (Å²) in [6.45, 7) is 1.86. The first-order chi connectivity index (χ1) is 15.8. The van der Waals surface area contributed by atoms with E-state index in [4.69, 9.17) is 11.6 Å². The van der Waals surface area contributed by atoms with Gasteiger partial charge in [0.05, 0.1) is 29.6 Å². The van der Waals surface area contributed by atoms with Crippen molar-refractivity contribution in [1.82, 2.24) is 14.4 Å². The number of halogens is 2. The van der Waals surface area contributed by atoms with Crippen LogP contribution < -0.4 is 10.2 Å². The average Bonchev–Trinajstić information content (AvgIpc) is 3.25. The summed E-state index contributed by atoms with van der Waals surface area (Å²) in [7, 11) is 2.86. The third kappa shape index (κ3) is 4.35. The van der Waals surface area contributed by atoms with Crippen molar-refractivity contribution in [1.29, 1.82) is 0 Å². The monoisotopic (exact) mass is 467 g/mol. The molecule has 2 amide bonds. The number of benzene rings is 1. The van der Waals surface area contributed by atoms with E-state index < -0.39 is 11.9 Å². The second kappa shape index (κ2) is 8.87. The van der Waals surface area contributed by atoms with Gasteiger partial charge in [-0.05, 0) is 48.9 Å². The van der Waals surface area contributed by atoms with Crippen molar-refractivity contribution in [2.24, 2.45) is 0 Å². The molecule has 10 heteroatoms. The highest BCUT2D eigenvalue weighted by atomic mass is 35.5. The molecule has 4 aromatic rings. The van der Waals surface area contributed by atoms with Gasteiger partial charge in [0.25, 0.3) is 5.91 Å². The van der Waals surface area contributed by atoms with Crippen molar-refractivity contribution < 1.29 is 18.7 Å². The normalized spacial score (nSPS) is 10.8. The van der Waals surface area contributed by atoms with Gasteiger partial charge in [-0.2, -0.15) is 0 Å². The lowest BCUT2D eigenvalue weighted by molar-refractivity contribution is 0.0992. The second-order valence-electron chi connectivity index (χ2n) is 7.26. The summed E-state index contributed by atoms with van der Waals surface area (Å²) in [6, 6.07) is 9.27. The van der Waals surface area contributed by atoms with Gasteiger partial charge in [0.15, 0.2) is 0 Å². The predicted molar refractivity (Wildman–Crippen MR) is 123 cm³/mol. The van der Waals surface area contributed by atoms with E-state index in [2.05, 4.69) is 20.0 Å². The third-order valence-electron chi connectivity index (χ3n) is 5.11. The first-order valence-electron chi connectivity index (χ1n) is 9.80. The molecule has 0 saturated carbocycles. The van der Waals surface area contributed by atoms with Crippen molar-refractivity contribution in [3.8, 4) is 11.3 Å². The van der Waals surface area contributed by atoms with E-state index in [1.807, 2.05) is 6.92 Å². The third-order valence-corrected chi connectivity index (χ3v) is 5.40. The van der Waals surface area contributed by atoms with Gasteiger partial charge in [0.2, 0.25) is 0 Å². The minimum absolute atomic E-state index is 0.0617. The zero-order valence-corrected chi connectivity index (χ0v) is 18.7. The van der Waals surface area contributed by atoms with E-state index in [1.54, 1.807) is 48.2 Å². The van der Waals surface area contributed by atoms with Crippen LogP contribution in [0.3, 0.4) is 0 Å². The summed E-state index contributed by atoms with van der Waals surface area (Å²) >= 11 is 5.87. The van der Waals surface area contributed by atoms with Crippen LogP contribution in [0.1, 0.15) is 15.9 Å². The van der Waals surface area contributed by atoms with E-state index >= 15 is 0 Å². The Labute approximate surface area is 193 Å². The number of anilines is 2. The number of aromatic nitrogens is 3. The molecule has 168 valence electrons. The molecule has 8 nitrogen and oxygen atoms in total. The molecule has 3 heterocycles. The van der Waals surface area contributed by atoms with Crippen molar-refractivity contribution in [3.63, 3.8) is 0 Å². The number of ether oxygens (including phenoxy) is 1. The van der Waals surface area contributed by atoms with E-state index in [9.17, 15) is 14.0 Å². The highest BCUT2D eigenvalue weighted by molar-refractivity contribution is 6.31. The Balaban J connectivity index is 1.69. The molecule has 0 atom stereocenters. The Kier molecular flexibility index (Phi) is 5.97. The molecule has 0 aliphatic rings. The maximum absolute atomic E-state index is 13.5. The Morgan fingerprint density at radius 2 is 1.94 bits per heavy atom. The highest BCUT2D eigenvalue weighted by Gasteiger charge is 2.18. The topological polar surface area (TPSA) is 88.8 Å². The predicted octanol–water partition coefficient (Wildman–Crippen LogP) is 4.95. The number of aryl methyl sites for hydroxylation is 1. The van der Waals surface area contributed by atoms with Crippen LogP contribution in [0.25, 0.3) is 16.9 Å². The number of imidazole rings is 1. The summed E-state index contributed by atoms with van der Waals surface area (Å²) in [6.07, 6.45) is 4.35. The fourth-order valence-electron chi connectivity index (χ4n) is 3.37. The number of amides is 2. The minimum atomic E-state index is -0.615. The fraction of sp³-hybridized carbons (Fsp3) is 0.130. The Bertz CT molecular complexity index is 1370. The van der Waals surface area contributed by atoms with Gasteiger partial charge < -0.3 is 9.64 Å².